The molecule has 3 heterocycles. The smallest absolute Gasteiger partial charge is 0.160 e. The van der Waals surface area contributed by atoms with Crippen LogP contribution < -0.4 is 0 Å². The third kappa shape index (κ3) is 5.94. The fourth-order valence-corrected chi connectivity index (χ4v) is 6.73. The summed E-state index contributed by atoms with van der Waals surface area (Å²) >= 11 is 0. The van der Waals surface area contributed by atoms with E-state index < -0.39 is 0 Å². The molecule has 0 aliphatic rings. The molecule has 0 bridgehead atoms. The lowest BCUT2D eigenvalue weighted by Crippen LogP contribution is -1.96. The second-order valence-corrected chi connectivity index (χ2v) is 12.8. The van der Waals surface area contributed by atoms with E-state index >= 15 is 0 Å². The van der Waals surface area contributed by atoms with E-state index in [0.717, 1.165) is 83.5 Å². The molecule has 0 saturated carbocycles. The maximum Gasteiger partial charge on any atom is 0.160 e. The predicted molar refractivity (Wildman–Crippen MR) is 210 cm³/mol. The van der Waals surface area contributed by atoms with Gasteiger partial charge in [-0.15, -0.1) is 0 Å². The van der Waals surface area contributed by atoms with Crippen molar-refractivity contribution in [3.05, 3.63) is 182 Å². The summed E-state index contributed by atoms with van der Waals surface area (Å²) in [7, 11) is 0. The number of aromatic nitrogens is 4. The Morgan fingerprint density at radius 3 is 1.55 bits per heavy atom. The van der Waals surface area contributed by atoms with Gasteiger partial charge < -0.3 is 0 Å². The second kappa shape index (κ2) is 12.9. The first-order chi connectivity index (χ1) is 25.2. The quantitative estimate of drug-likeness (QED) is 0.168. The number of hydrogen-bond donors (Lipinski definition) is 0. The Balaban J connectivity index is 1.19. The predicted octanol–water partition coefficient (Wildman–Crippen LogP) is 11.9. The van der Waals surface area contributed by atoms with E-state index in [0.29, 0.717) is 5.82 Å². The van der Waals surface area contributed by atoms with Crippen molar-refractivity contribution in [2.75, 3.05) is 0 Å². The first-order valence-electron chi connectivity index (χ1n) is 17.1. The molecule has 0 aliphatic heterocycles. The van der Waals surface area contributed by atoms with Crippen LogP contribution in [-0.2, 0) is 0 Å². The van der Waals surface area contributed by atoms with Crippen LogP contribution in [-0.4, -0.2) is 19.9 Å². The molecule has 0 N–H and O–H groups in total. The third-order valence-electron chi connectivity index (χ3n) is 9.36. The van der Waals surface area contributed by atoms with Crippen molar-refractivity contribution in [2.24, 2.45) is 0 Å². The van der Waals surface area contributed by atoms with Crippen LogP contribution in [0.3, 0.4) is 0 Å². The highest BCUT2D eigenvalue weighted by molar-refractivity contribution is 6.09. The SMILES string of the molecule is Cc1ccc2ccc3c(-c4ccccc4)cc(-c4cccc(-c5cc(-c6ccccc6)nc(-c6ccc(-c7ccccc7)cc6)n5)c4)nc3c2n1. The van der Waals surface area contributed by atoms with E-state index in [1.807, 2.05) is 31.2 Å². The van der Waals surface area contributed by atoms with Gasteiger partial charge in [0.2, 0.25) is 0 Å². The first-order valence-corrected chi connectivity index (χ1v) is 17.1. The molecular formula is C47H32N4. The Hall–Kier alpha value is -6.78. The fourth-order valence-electron chi connectivity index (χ4n) is 6.73. The van der Waals surface area contributed by atoms with E-state index in [2.05, 4.69) is 152 Å². The highest BCUT2D eigenvalue weighted by atomic mass is 14.9. The van der Waals surface area contributed by atoms with Gasteiger partial charge >= 0.3 is 0 Å². The minimum atomic E-state index is 0.680. The Bertz CT molecular complexity index is 2670. The van der Waals surface area contributed by atoms with Crippen molar-refractivity contribution in [3.63, 3.8) is 0 Å². The van der Waals surface area contributed by atoms with Crippen LogP contribution >= 0.6 is 0 Å². The van der Waals surface area contributed by atoms with Gasteiger partial charge in [0.15, 0.2) is 5.82 Å². The average molecular weight is 653 g/mol. The molecule has 0 saturated heterocycles. The molecule has 0 unspecified atom stereocenters. The lowest BCUT2D eigenvalue weighted by Gasteiger charge is -2.13. The second-order valence-electron chi connectivity index (χ2n) is 12.8. The van der Waals surface area contributed by atoms with Gasteiger partial charge in [-0.1, -0.05) is 152 Å². The van der Waals surface area contributed by atoms with E-state index in [1.54, 1.807) is 0 Å². The summed E-state index contributed by atoms with van der Waals surface area (Å²) in [6, 6.07) is 61.0. The van der Waals surface area contributed by atoms with Crippen molar-refractivity contribution in [3.8, 4) is 67.4 Å². The molecule has 0 amide bonds. The molecule has 0 fully saturated rings. The summed E-state index contributed by atoms with van der Waals surface area (Å²) in [6.45, 7) is 2.03. The van der Waals surface area contributed by atoms with Crippen LogP contribution in [0.25, 0.3) is 89.2 Å². The largest absolute Gasteiger partial charge is 0.251 e. The molecule has 9 rings (SSSR count). The van der Waals surface area contributed by atoms with Crippen molar-refractivity contribution < 1.29 is 0 Å². The van der Waals surface area contributed by atoms with Gasteiger partial charge in [-0.3, -0.25) is 4.98 Å². The van der Waals surface area contributed by atoms with E-state index in [-0.39, 0.29) is 0 Å². The Kier molecular flexibility index (Phi) is 7.67. The maximum absolute atomic E-state index is 5.30. The molecular weight excluding hydrogens is 621 g/mol. The van der Waals surface area contributed by atoms with E-state index in [1.165, 1.54) is 5.56 Å². The van der Waals surface area contributed by atoms with Crippen LogP contribution in [0.4, 0.5) is 0 Å². The van der Waals surface area contributed by atoms with Gasteiger partial charge in [0.1, 0.15) is 0 Å². The van der Waals surface area contributed by atoms with Crippen LogP contribution in [0.1, 0.15) is 5.69 Å². The van der Waals surface area contributed by atoms with Crippen molar-refractivity contribution in [2.45, 2.75) is 6.92 Å². The number of pyridine rings is 2. The molecule has 0 radical (unpaired) electrons. The zero-order chi connectivity index (χ0) is 34.1. The number of rotatable bonds is 6. The number of fused-ring (bicyclic) bond motifs is 3. The van der Waals surface area contributed by atoms with E-state index in [9.17, 15) is 0 Å². The number of benzene rings is 6. The van der Waals surface area contributed by atoms with Crippen molar-refractivity contribution >= 4 is 21.8 Å². The highest BCUT2D eigenvalue weighted by Gasteiger charge is 2.16. The maximum atomic E-state index is 5.30. The van der Waals surface area contributed by atoms with Gasteiger partial charge in [0, 0.05) is 38.7 Å². The minimum absolute atomic E-state index is 0.680. The standard InChI is InChI=1S/C47H32N4/c1-31-20-21-36-26-27-40-41(34-14-7-3-8-15-34)29-42(49-46(40)45(36)48-31)38-18-11-19-39(28-38)44-30-43(35-16-9-4-10-17-35)50-47(51-44)37-24-22-33(23-25-37)32-12-5-2-6-13-32/h2-30H,1H3. The normalized spacial score (nSPS) is 11.2. The molecule has 0 aliphatic carbocycles. The van der Waals surface area contributed by atoms with Crippen molar-refractivity contribution in [1.82, 2.24) is 19.9 Å². The van der Waals surface area contributed by atoms with Gasteiger partial charge in [0.05, 0.1) is 28.1 Å². The molecule has 6 aromatic carbocycles. The summed E-state index contributed by atoms with van der Waals surface area (Å²) in [5.74, 6) is 0.680. The summed E-state index contributed by atoms with van der Waals surface area (Å²) in [5, 5.41) is 2.15. The number of nitrogens with zero attached hydrogens (tertiary/aromatic N) is 4. The van der Waals surface area contributed by atoms with Gasteiger partial charge in [-0.25, -0.2) is 15.0 Å². The summed E-state index contributed by atoms with van der Waals surface area (Å²) in [4.78, 5) is 20.5. The third-order valence-corrected chi connectivity index (χ3v) is 9.36. The van der Waals surface area contributed by atoms with Crippen LogP contribution in [0.15, 0.2) is 176 Å². The summed E-state index contributed by atoms with van der Waals surface area (Å²) in [6.07, 6.45) is 0. The molecule has 51 heavy (non-hydrogen) atoms. The molecule has 4 nitrogen and oxygen atoms in total. The molecule has 9 aromatic rings. The first kappa shape index (κ1) is 30.3. The Morgan fingerprint density at radius 1 is 0.333 bits per heavy atom. The fraction of sp³-hybridized carbons (Fsp3) is 0.0213. The zero-order valence-electron chi connectivity index (χ0n) is 28.0. The van der Waals surface area contributed by atoms with Gasteiger partial charge in [0.25, 0.3) is 0 Å². The number of hydrogen-bond acceptors (Lipinski definition) is 4. The lowest BCUT2D eigenvalue weighted by atomic mass is 9.96. The molecule has 240 valence electrons. The minimum Gasteiger partial charge on any atom is -0.251 e. The van der Waals surface area contributed by atoms with Crippen LogP contribution in [0, 0.1) is 6.92 Å². The topological polar surface area (TPSA) is 51.6 Å². The van der Waals surface area contributed by atoms with Crippen LogP contribution in [0.2, 0.25) is 0 Å². The average Bonchev–Trinajstić information content (AvgIpc) is 3.21. The summed E-state index contributed by atoms with van der Waals surface area (Å²) in [5.41, 5.74) is 14.0. The number of aryl methyl sites for hydroxylation is 1. The monoisotopic (exact) mass is 652 g/mol. The molecule has 0 atom stereocenters. The van der Waals surface area contributed by atoms with Gasteiger partial charge in [-0.2, -0.15) is 0 Å². The zero-order valence-corrected chi connectivity index (χ0v) is 28.0. The van der Waals surface area contributed by atoms with Crippen molar-refractivity contribution in [1.29, 1.82) is 0 Å². The summed E-state index contributed by atoms with van der Waals surface area (Å²) < 4.78 is 0. The lowest BCUT2D eigenvalue weighted by molar-refractivity contribution is 1.18. The van der Waals surface area contributed by atoms with Crippen LogP contribution in [0.5, 0.6) is 0 Å². The highest BCUT2D eigenvalue weighted by Crippen LogP contribution is 2.36. The Morgan fingerprint density at radius 2 is 0.863 bits per heavy atom. The Labute approximate surface area is 296 Å². The van der Waals surface area contributed by atoms with E-state index in [4.69, 9.17) is 19.9 Å². The molecule has 0 spiro atoms. The molecule has 3 aromatic heterocycles. The molecule has 4 heteroatoms. The van der Waals surface area contributed by atoms with Gasteiger partial charge in [-0.05, 0) is 53.4 Å².